The molecule has 138 valence electrons. The smallest absolute Gasteiger partial charge is 0.326 e. The zero-order valence-electron chi connectivity index (χ0n) is 13.7. The van der Waals surface area contributed by atoms with Gasteiger partial charge in [-0.15, -0.1) is 0 Å². The van der Waals surface area contributed by atoms with Crippen LogP contribution in [0.5, 0.6) is 0 Å². The van der Waals surface area contributed by atoms with Crippen LogP contribution in [0.3, 0.4) is 0 Å². The Balaban J connectivity index is 1.99. The normalized spacial score (nSPS) is 11.7. The van der Waals surface area contributed by atoms with Crippen molar-refractivity contribution in [3.8, 4) is 0 Å². The summed E-state index contributed by atoms with van der Waals surface area (Å²) in [7, 11) is 0. The summed E-state index contributed by atoms with van der Waals surface area (Å²) in [6, 6.07) is 2.84. The van der Waals surface area contributed by atoms with Crippen LogP contribution in [0.15, 0.2) is 28.4 Å². The topological polar surface area (TPSA) is 121 Å². The van der Waals surface area contributed by atoms with Gasteiger partial charge in [0.05, 0.1) is 4.92 Å². The van der Waals surface area contributed by atoms with E-state index in [1.54, 1.807) is 12.3 Å². The molecule has 1 aromatic carbocycles. The summed E-state index contributed by atoms with van der Waals surface area (Å²) in [6.45, 7) is 2.62. The van der Waals surface area contributed by atoms with Crippen molar-refractivity contribution < 1.29 is 23.6 Å². The minimum absolute atomic E-state index is 0.0177. The van der Waals surface area contributed by atoms with Crippen molar-refractivity contribution >= 4 is 34.6 Å². The van der Waals surface area contributed by atoms with Crippen molar-refractivity contribution in [2.24, 2.45) is 0 Å². The highest BCUT2D eigenvalue weighted by Crippen LogP contribution is 2.21. The summed E-state index contributed by atoms with van der Waals surface area (Å²) in [5.74, 6) is -2.58. The van der Waals surface area contributed by atoms with Crippen LogP contribution in [0.1, 0.15) is 12.6 Å². The van der Waals surface area contributed by atoms with Crippen molar-refractivity contribution in [2.45, 2.75) is 26.5 Å². The van der Waals surface area contributed by atoms with Crippen molar-refractivity contribution in [1.82, 2.24) is 4.57 Å². The number of esters is 1. The Morgan fingerprint density at radius 1 is 1.46 bits per heavy atom. The third-order valence-electron chi connectivity index (χ3n) is 3.35. The van der Waals surface area contributed by atoms with E-state index >= 15 is 0 Å². The predicted octanol–water partition coefficient (Wildman–Crippen LogP) is 1.84. The van der Waals surface area contributed by atoms with Gasteiger partial charge in [0.15, 0.2) is 6.10 Å². The molecule has 1 heterocycles. The number of nitrogens with one attached hydrogen (secondary N) is 1. The highest BCUT2D eigenvalue weighted by Gasteiger charge is 2.21. The molecule has 0 aliphatic carbocycles. The molecule has 1 aromatic heterocycles. The number of aryl methyl sites for hydroxylation is 1. The van der Waals surface area contributed by atoms with E-state index in [1.165, 1.54) is 11.5 Å². The molecule has 0 aliphatic heterocycles. The number of thiazole rings is 1. The van der Waals surface area contributed by atoms with E-state index < -0.39 is 34.4 Å². The standard InChI is InChI=1S/C15H14FN3O6S/c1-8-7-26-15(22)18(8)6-13(20)25-9(2)14(21)17-10-3-4-11(16)12(5-10)19(23)24/h3-5,7,9H,6H2,1-2H3,(H,17,21)/t9-/m1/s1. The molecule has 1 amide bonds. The van der Waals surface area contributed by atoms with Crippen LogP contribution in [-0.4, -0.2) is 27.5 Å². The molecular formula is C15H14FN3O6S. The lowest BCUT2D eigenvalue weighted by Crippen LogP contribution is -2.32. The van der Waals surface area contributed by atoms with Crippen molar-refractivity contribution in [3.63, 3.8) is 0 Å². The highest BCUT2D eigenvalue weighted by molar-refractivity contribution is 7.07. The molecule has 0 unspecified atom stereocenters. The number of ether oxygens (including phenoxy) is 1. The number of aromatic nitrogens is 1. The van der Waals surface area contributed by atoms with E-state index in [9.17, 15) is 28.9 Å². The van der Waals surface area contributed by atoms with Crippen LogP contribution in [0.2, 0.25) is 0 Å². The molecule has 0 fully saturated rings. The summed E-state index contributed by atoms with van der Waals surface area (Å²) in [6.07, 6.45) is -1.22. The van der Waals surface area contributed by atoms with E-state index in [2.05, 4.69) is 5.32 Å². The fourth-order valence-corrected chi connectivity index (χ4v) is 2.72. The third kappa shape index (κ3) is 4.51. The van der Waals surface area contributed by atoms with Crippen LogP contribution < -0.4 is 10.2 Å². The Hall–Kier alpha value is -3.08. The molecule has 2 rings (SSSR count). The van der Waals surface area contributed by atoms with Crippen LogP contribution in [0.25, 0.3) is 0 Å². The predicted molar refractivity (Wildman–Crippen MR) is 90.6 cm³/mol. The van der Waals surface area contributed by atoms with Crippen LogP contribution in [-0.2, 0) is 20.9 Å². The van der Waals surface area contributed by atoms with E-state index in [0.29, 0.717) is 5.69 Å². The molecule has 0 spiro atoms. The Morgan fingerprint density at radius 2 is 2.15 bits per heavy atom. The maximum absolute atomic E-state index is 13.3. The van der Waals surface area contributed by atoms with Gasteiger partial charge in [0.1, 0.15) is 6.54 Å². The number of anilines is 1. The molecule has 0 bridgehead atoms. The highest BCUT2D eigenvalue weighted by atomic mass is 32.1. The molecule has 0 radical (unpaired) electrons. The lowest BCUT2D eigenvalue weighted by molar-refractivity contribution is -0.387. The van der Waals surface area contributed by atoms with Gasteiger partial charge in [0, 0.05) is 22.8 Å². The second-order valence-corrected chi connectivity index (χ2v) is 6.09. The quantitative estimate of drug-likeness (QED) is 0.462. The van der Waals surface area contributed by atoms with Gasteiger partial charge < -0.3 is 10.1 Å². The third-order valence-corrected chi connectivity index (χ3v) is 4.23. The molecule has 1 N–H and O–H groups in total. The number of benzene rings is 1. The summed E-state index contributed by atoms with van der Waals surface area (Å²) < 4.78 is 19.4. The van der Waals surface area contributed by atoms with Gasteiger partial charge in [-0.25, -0.2) is 0 Å². The molecule has 9 nitrogen and oxygen atoms in total. The SMILES string of the molecule is Cc1csc(=O)n1CC(=O)O[C@H](C)C(=O)Nc1ccc(F)c([N+](=O)[O-])c1. The van der Waals surface area contributed by atoms with Crippen LogP contribution in [0, 0.1) is 22.9 Å². The minimum atomic E-state index is -1.22. The number of nitro groups is 1. The van der Waals surface area contributed by atoms with Gasteiger partial charge in [-0.05, 0) is 26.0 Å². The molecule has 26 heavy (non-hydrogen) atoms. The molecule has 1 atom stereocenters. The average Bonchev–Trinajstić information content (AvgIpc) is 2.88. The lowest BCUT2D eigenvalue weighted by atomic mass is 10.2. The second kappa shape index (κ2) is 7.87. The number of nitro benzene ring substituents is 1. The Bertz CT molecular complexity index is 922. The molecule has 0 saturated carbocycles. The number of amides is 1. The molecular weight excluding hydrogens is 369 g/mol. The summed E-state index contributed by atoms with van der Waals surface area (Å²) in [5, 5.41) is 14.6. The zero-order chi connectivity index (χ0) is 19.4. The molecule has 0 saturated heterocycles. The number of nitrogens with zero attached hydrogens (tertiary/aromatic N) is 2. The number of hydrogen-bond donors (Lipinski definition) is 1. The first-order valence-electron chi connectivity index (χ1n) is 7.28. The van der Waals surface area contributed by atoms with Gasteiger partial charge in [-0.2, -0.15) is 4.39 Å². The van der Waals surface area contributed by atoms with Crippen LogP contribution >= 0.6 is 11.3 Å². The fourth-order valence-electron chi connectivity index (χ4n) is 1.99. The Kier molecular flexibility index (Phi) is 5.82. The average molecular weight is 383 g/mol. The Morgan fingerprint density at radius 3 is 2.73 bits per heavy atom. The largest absolute Gasteiger partial charge is 0.451 e. The minimum Gasteiger partial charge on any atom is -0.451 e. The second-order valence-electron chi connectivity index (χ2n) is 5.27. The summed E-state index contributed by atoms with van der Waals surface area (Å²) in [4.78, 5) is 44.9. The number of carbonyl (C=O) groups excluding carboxylic acids is 2. The number of hydrogen-bond acceptors (Lipinski definition) is 7. The lowest BCUT2D eigenvalue weighted by Gasteiger charge is -2.14. The molecule has 0 aliphatic rings. The molecule has 11 heteroatoms. The maximum Gasteiger partial charge on any atom is 0.326 e. The molecule has 2 aromatic rings. The zero-order valence-corrected chi connectivity index (χ0v) is 14.5. The van der Waals surface area contributed by atoms with Crippen LogP contribution in [0.4, 0.5) is 15.8 Å². The van der Waals surface area contributed by atoms with E-state index in [4.69, 9.17) is 4.74 Å². The first-order valence-corrected chi connectivity index (χ1v) is 8.16. The number of carbonyl (C=O) groups is 2. The van der Waals surface area contributed by atoms with E-state index in [-0.39, 0.29) is 17.1 Å². The van der Waals surface area contributed by atoms with Crippen molar-refractivity contribution in [1.29, 1.82) is 0 Å². The van der Waals surface area contributed by atoms with Crippen molar-refractivity contribution in [2.75, 3.05) is 5.32 Å². The first-order chi connectivity index (χ1) is 12.2. The van der Waals surface area contributed by atoms with Gasteiger partial charge in [-0.3, -0.25) is 29.1 Å². The summed E-state index contributed by atoms with van der Waals surface area (Å²) in [5.41, 5.74) is -0.219. The number of rotatable bonds is 6. The van der Waals surface area contributed by atoms with Gasteiger partial charge in [0.2, 0.25) is 5.82 Å². The first kappa shape index (κ1) is 19.2. The fraction of sp³-hybridized carbons (Fsp3) is 0.267. The van der Waals surface area contributed by atoms with Gasteiger partial charge in [0.25, 0.3) is 5.91 Å². The van der Waals surface area contributed by atoms with E-state index in [0.717, 1.165) is 29.5 Å². The van der Waals surface area contributed by atoms with Gasteiger partial charge >= 0.3 is 16.5 Å². The van der Waals surface area contributed by atoms with Gasteiger partial charge in [-0.1, -0.05) is 11.3 Å². The maximum atomic E-state index is 13.3. The summed E-state index contributed by atoms with van der Waals surface area (Å²) >= 11 is 0.939. The number of halogens is 1. The monoisotopic (exact) mass is 383 g/mol. The van der Waals surface area contributed by atoms with Crippen molar-refractivity contribution in [3.05, 3.63) is 54.9 Å². The van der Waals surface area contributed by atoms with E-state index in [1.807, 2.05) is 0 Å². The Labute approximate surface area is 150 Å².